The molecular weight excluding hydrogens is 202 g/mol. The third-order valence-electron chi connectivity index (χ3n) is 3.06. The van der Waals surface area contributed by atoms with Crippen molar-refractivity contribution < 1.29 is 4.74 Å². The van der Waals surface area contributed by atoms with Gasteiger partial charge in [-0.15, -0.1) is 0 Å². The van der Waals surface area contributed by atoms with Gasteiger partial charge in [0.25, 0.3) is 0 Å². The quantitative estimate of drug-likeness (QED) is 0.759. The minimum Gasteiger partial charge on any atom is -0.374 e. The zero-order chi connectivity index (χ0) is 11.6. The van der Waals surface area contributed by atoms with Crippen molar-refractivity contribution in [2.45, 2.75) is 39.0 Å². The SMILES string of the molecule is CC(C)(C)N1CCO[C@H](Cn2ccnc2)C1. The summed E-state index contributed by atoms with van der Waals surface area (Å²) in [6, 6.07) is 0. The Bertz CT molecular complexity index is 316. The van der Waals surface area contributed by atoms with Crippen LogP contribution in [0, 0.1) is 0 Å². The number of nitrogens with zero attached hydrogens (tertiary/aromatic N) is 3. The number of hydrogen-bond donors (Lipinski definition) is 0. The first-order chi connectivity index (χ1) is 7.55. The van der Waals surface area contributed by atoms with Gasteiger partial charge in [0.1, 0.15) is 0 Å². The monoisotopic (exact) mass is 223 g/mol. The van der Waals surface area contributed by atoms with E-state index in [1.807, 2.05) is 18.7 Å². The maximum Gasteiger partial charge on any atom is 0.0946 e. The molecule has 1 fully saturated rings. The van der Waals surface area contributed by atoms with E-state index in [4.69, 9.17) is 4.74 Å². The van der Waals surface area contributed by atoms with E-state index in [2.05, 4.69) is 35.2 Å². The molecule has 1 aliphatic rings. The predicted octanol–water partition coefficient (Wildman–Crippen LogP) is 1.38. The third-order valence-corrected chi connectivity index (χ3v) is 3.06. The lowest BCUT2D eigenvalue weighted by Crippen LogP contribution is -2.52. The summed E-state index contributed by atoms with van der Waals surface area (Å²) in [6.07, 6.45) is 5.92. The Labute approximate surface area is 97.2 Å². The summed E-state index contributed by atoms with van der Waals surface area (Å²) in [5.41, 5.74) is 0.233. The molecule has 0 spiro atoms. The fraction of sp³-hybridized carbons (Fsp3) is 0.750. The van der Waals surface area contributed by atoms with Gasteiger partial charge in [0.05, 0.1) is 25.6 Å². The summed E-state index contributed by atoms with van der Waals surface area (Å²) in [5, 5.41) is 0. The molecule has 0 saturated carbocycles. The van der Waals surface area contributed by atoms with Crippen molar-refractivity contribution in [2.24, 2.45) is 0 Å². The van der Waals surface area contributed by atoms with Crippen LogP contribution in [0.5, 0.6) is 0 Å². The molecule has 4 nitrogen and oxygen atoms in total. The first kappa shape index (κ1) is 11.6. The second-order valence-corrected chi connectivity index (χ2v) is 5.37. The zero-order valence-electron chi connectivity index (χ0n) is 10.4. The zero-order valence-corrected chi connectivity index (χ0v) is 10.4. The van der Waals surface area contributed by atoms with E-state index in [0.717, 1.165) is 26.2 Å². The minimum absolute atomic E-state index is 0.233. The summed E-state index contributed by atoms with van der Waals surface area (Å²) in [7, 11) is 0. The molecule has 90 valence electrons. The van der Waals surface area contributed by atoms with Gasteiger partial charge in [-0.2, -0.15) is 0 Å². The van der Waals surface area contributed by atoms with Crippen LogP contribution in [0.3, 0.4) is 0 Å². The highest BCUT2D eigenvalue weighted by Gasteiger charge is 2.28. The highest BCUT2D eigenvalue weighted by molar-refractivity contribution is 4.83. The molecule has 4 heteroatoms. The standard InChI is InChI=1S/C12H21N3O/c1-12(2,3)15-6-7-16-11(9-15)8-14-5-4-13-10-14/h4-5,10-11H,6-9H2,1-3H3/t11-/m1/s1. The van der Waals surface area contributed by atoms with Gasteiger partial charge in [0.2, 0.25) is 0 Å². The van der Waals surface area contributed by atoms with Crippen LogP contribution in [0.2, 0.25) is 0 Å². The van der Waals surface area contributed by atoms with Gasteiger partial charge < -0.3 is 9.30 Å². The van der Waals surface area contributed by atoms with Crippen molar-refractivity contribution in [1.82, 2.24) is 14.5 Å². The fourth-order valence-electron chi connectivity index (χ4n) is 2.07. The van der Waals surface area contributed by atoms with Gasteiger partial charge in [-0.25, -0.2) is 4.98 Å². The van der Waals surface area contributed by atoms with Crippen LogP contribution in [-0.2, 0) is 11.3 Å². The number of imidazole rings is 1. The number of hydrogen-bond acceptors (Lipinski definition) is 3. The van der Waals surface area contributed by atoms with E-state index >= 15 is 0 Å². The lowest BCUT2D eigenvalue weighted by Gasteiger charge is -2.41. The highest BCUT2D eigenvalue weighted by Crippen LogP contribution is 2.18. The topological polar surface area (TPSA) is 30.3 Å². The summed E-state index contributed by atoms with van der Waals surface area (Å²) in [6.45, 7) is 10.5. The van der Waals surface area contributed by atoms with E-state index in [1.54, 1.807) is 0 Å². The average Bonchev–Trinajstić information content (AvgIpc) is 2.70. The van der Waals surface area contributed by atoms with Crippen LogP contribution in [0.15, 0.2) is 18.7 Å². The van der Waals surface area contributed by atoms with Crippen molar-refractivity contribution in [2.75, 3.05) is 19.7 Å². The predicted molar refractivity (Wildman–Crippen MR) is 63.3 cm³/mol. The Morgan fingerprint density at radius 2 is 2.25 bits per heavy atom. The second-order valence-electron chi connectivity index (χ2n) is 5.37. The third kappa shape index (κ3) is 2.83. The molecule has 0 aliphatic carbocycles. The molecule has 16 heavy (non-hydrogen) atoms. The van der Waals surface area contributed by atoms with Crippen molar-refractivity contribution in [1.29, 1.82) is 0 Å². The summed E-state index contributed by atoms with van der Waals surface area (Å²) in [5.74, 6) is 0. The largest absolute Gasteiger partial charge is 0.374 e. The van der Waals surface area contributed by atoms with Gasteiger partial charge in [-0.3, -0.25) is 4.90 Å². The molecule has 0 amide bonds. The van der Waals surface area contributed by atoms with Crippen LogP contribution in [-0.4, -0.2) is 45.8 Å². The summed E-state index contributed by atoms with van der Waals surface area (Å²) >= 11 is 0. The number of morpholine rings is 1. The van der Waals surface area contributed by atoms with Crippen molar-refractivity contribution in [3.05, 3.63) is 18.7 Å². The lowest BCUT2D eigenvalue weighted by molar-refractivity contribution is -0.0639. The Morgan fingerprint density at radius 1 is 1.44 bits per heavy atom. The van der Waals surface area contributed by atoms with Crippen molar-refractivity contribution in [3.8, 4) is 0 Å². The average molecular weight is 223 g/mol. The van der Waals surface area contributed by atoms with Crippen LogP contribution >= 0.6 is 0 Å². The van der Waals surface area contributed by atoms with E-state index < -0.39 is 0 Å². The molecule has 1 aromatic rings. The minimum atomic E-state index is 0.233. The van der Waals surface area contributed by atoms with E-state index in [-0.39, 0.29) is 11.6 Å². The molecular formula is C12H21N3O. The molecule has 1 aliphatic heterocycles. The molecule has 1 aromatic heterocycles. The second kappa shape index (κ2) is 4.55. The van der Waals surface area contributed by atoms with Crippen LogP contribution < -0.4 is 0 Å². The first-order valence-corrected chi connectivity index (χ1v) is 5.88. The Hall–Kier alpha value is -0.870. The molecule has 0 unspecified atom stereocenters. The molecule has 0 aromatic carbocycles. The number of ether oxygens (including phenoxy) is 1. The molecule has 0 bridgehead atoms. The fourth-order valence-corrected chi connectivity index (χ4v) is 2.07. The molecule has 2 heterocycles. The first-order valence-electron chi connectivity index (χ1n) is 5.88. The molecule has 1 atom stereocenters. The number of aromatic nitrogens is 2. The van der Waals surface area contributed by atoms with Gasteiger partial charge in [0, 0.05) is 31.0 Å². The molecule has 0 N–H and O–H groups in total. The molecule has 1 saturated heterocycles. The van der Waals surface area contributed by atoms with E-state index in [1.165, 1.54) is 0 Å². The maximum absolute atomic E-state index is 5.79. The Kier molecular flexibility index (Phi) is 3.30. The van der Waals surface area contributed by atoms with Crippen LogP contribution in [0.1, 0.15) is 20.8 Å². The normalized spacial score (nSPS) is 23.6. The van der Waals surface area contributed by atoms with Gasteiger partial charge in [-0.05, 0) is 20.8 Å². The number of rotatable bonds is 2. The molecule has 0 radical (unpaired) electrons. The Morgan fingerprint density at radius 3 is 2.88 bits per heavy atom. The Balaban J connectivity index is 1.92. The van der Waals surface area contributed by atoms with E-state index in [9.17, 15) is 0 Å². The van der Waals surface area contributed by atoms with Gasteiger partial charge in [0.15, 0.2) is 0 Å². The van der Waals surface area contributed by atoms with Crippen LogP contribution in [0.4, 0.5) is 0 Å². The smallest absolute Gasteiger partial charge is 0.0946 e. The molecule has 2 rings (SSSR count). The maximum atomic E-state index is 5.79. The highest BCUT2D eigenvalue weighted by atomic mass is 16.5. The van der Waals surface area contributed by atoms with Crippen molar-refractivity contribution >= 4 is 0 Å². The van der Waals surface area contributed by atoms with Gasteiger partial charge >= 0.3 is 0 Å². The van der Waals surface area contributed by atoms with Gasteiger partial charge in [-0.1, -0.05) is 0 Å². The lowest BCUT2D eigenvalue weighted by atomic mass is 10.0. The van der Waals surface area contributed by atoms with Crippen molar-refractivity contribution in [3.63, 3.8) is 0 Å². The summed E-state index contributed by atoms with van der Waals surface area (Å²) < 4.78 is 7.87. The summed E-state index contributed by atoms with van der Waals surface area (Å²) in [4.78, 5) is 6.53. The van der Waals surface area contributed by atoms with Crippen LogP contribution in [0.25, 0.3) is 0 Å². The van der Waals surface area contributed by atoms with E-state index in [0.29, 0.717) is 0 Å².